The van der Waals surface area contributed by atoms with E-state index in [-0.39, 0.29) is 12.5 Å². The Bertz CT molecular complexity index is 404. The number of nitrogens with zero attached hydrogens (tertiary/aromatic N) is 1. The van der Waals surface area contributed by atoms with Crippen molar-refractivity contribution in [3.63, 3.8) is 0 Å². The lowest BCUT2D eigenvalue weighted by molar-refractivity contribution is -0.133. The lowest BCUT2D eigenvalue weighted by Gasteiger charge is -2.20. The fourth-order valence-corrected chi connectivity index (χ4v) is 2.40. The minimum atomic E-state index is 0.0672. The smallest absolute Gasteiger partial charge is 0.260 e. The zero-order chi connectivity index (χ0) is 12.8. The topological polar surface area (TPSA) is 41.6 Å². The third kappa shape index (κ3) is 4.13. The standard InChI is InChI=1S/C13H17IN2O2/c14-11-3-1-4-12(9-11)18-10-13(17)16-7-2-5-15-6-8-16/h1,3-4,9,15H,2,5-8,10H2. The number of carbonyl (C=O) groups is 1. The van der Waals surface area contributed by atoms with E-state index < -0.39 is 0 Å². The molecule has 4 nitrogen and oxygen atoms in total. The first kappa shape index (κ1) is 13.6. The van der Waals surface area contributed by atoms with Crippen molar-refractivity contribution in [3.05, 3.63) is 27.8 Å². The molecule has 0 radical (unpaired) electrons. The van der Waals surface area contributed by atoms with Crippen LogP contribution in [0.15, 0.2) is 24.3 Å². The molecule has 0 bridgehead atoms. The van der Waals surface area contributed by atoms with Gasteiger partial charge in [-0.1, -0.05) is 6.07 Å². The van der Waals surface area contributed by atoms with Gasteiger partial charge in [0.05, 0.1) is 0 Å². The van der Waals surface area contributed by atoms with Crippen LogP contribution in [0.3, 0.4) is 0 Å². The second kappa shape index (κ2) is 6.94. The maximum atomic E-state index is 12.0. The molecule has 2 rings (SSSR count). The minimum absolute atomic E-state index is 0.0672. The Balaban J connectivity index is 1.83. The number of benzene rings is 1. The summed E-state index contributed by atoms with van der Waals surface area (Å²) in [6.07, 6.45) is 1.01. The molecule has 0 aromatic heterocycles. The number of hydrogen-bond donors (Lipinski definition) is 1. The molecule has 18 heavy (non-hydrogen) atoms. The van der Waals surface area contributed by atoms with E-state index in [0.29, 0.717) is 0 Å². The highest BCUT2D eigenvalue weighted by Crippen LogP contribution is 2.14. The molecule has 0 aliphatic carbocycles. The van der Waals surface area contributed by atoms with Gasteiger partial charge in [0, 0.05) is 23.2 Å². The molecule has 0 atom stereocenters. The normalized spacial score (nSPS) is 16.2. The molecule has 0 spiro atoms. The molecule has 0 saturated carbocycles. The fourth-order valence-electron chi connectivity index (χ4n) is 1.89. The largest absolute Gasteiger partial charge is 0.484 e. The van der Waals surface area contributed by atoms with Crippen molar-refractivity contribution in [2.24, 2.45) is 0 Å². The van der Waals surface area contributed by atoms with Gasteiger partial charge in [0.2, 0.25) is 0 Å². The lowest BCUT2D eigenvalue weighted by atomic mass is 10.3. The van der Waals surface area contributed by atoms with Crippen molar-refractivity contribution in [1.29, 1.82) is 0 Å². The zero-order valence-corrected chi connectivity index (χ0v) is 12.4. The summed E-state index contributed by atoms with van der Waals surface area (Å²) in [6, 6.07) is 7.73. The Morgan fingerprint density at radius 1 is 1.39 bits per heavy atom. The highest BCUT2D eigenvalue weighted by atomic mass is 127. The quantitative estimate of drug-likeness (QED) is 0.831. The van der Waals surface area contributed by atoms with E-state index in [1.807, 2.05) is 29.2 Å². The molecule has 5 heteroatoms. The predicted octanol–water partition coefficient (Wildman–Crippen LogP) is 1.49. The summed E-state index contributed by atoms with van der Waals surface area (Å²) in [5.41, 5.74) is 0. The van der Waals surface area contributed by atoms with Crippen molar-refractivity contribution in [2.75, 3.05) is 32.8 Å². The summed E-state index contributed by atoms with van der Waals surface area (Å²) in [5, 5.41) is 3.28. The minimum Gasteiger partial charge on any atom is -0.484 e. The molecular formula is C13H17IN2O2. The van der Waals surface area contributed by atoms with Crippen LogP contribution < -0.4 is 10.1 Å². The van der Waals surface area contributed by atoms with Gasteiger partial charge < -0.3 is 15.0 Å². The zero-order valence-electron chi connectivity index (χ0n) is 10.2. The number of amides is 1. The molecule has 1 N–H and O–H groups in total. The van der Waals surface area contributed by atoms with Crippen molar-refractivity contribution >= 4 is 28.5 Å². The van der Waals surface area contributed by atoms with Gasteiger partial charge in [-0.3, -0.25) is 4.79 Å². The highest BCUT2D eigenvalue weighted by molar-refractivity contribution is 14.1. The van der Waals surface area contributed by atoms with Crippen LogP contribution in [-0.4, -0.2) is 43.6 Å². The summed E-state index contributed by atoms with van der Waals surface area (Å²) in [4.78, 5) is 13.8. The summed E-state index contributed by atoms with van der Waals surface area (Å²) in [6.45, 7) is 3.58. The second-order valence-electron chi connectivity index (χ2n) is 4.23. The van der Waals surface area contributed by atoms with E-state index >= 15 is 0 Å². The van der Waals surface area contributed by atoms with Crippen LogP contribution in [-0.2, 0) is 4.79 Å². The lowest BCUT2D eigenvalue weighted by Crippen LogP contribution is -2.37. The van der Waals surface area contributed by atoms with Crippen LogP contribution in [0.5, 0.6) is 5.75 Å². The van der Waals surface area contributed by atoms with Gasteiger partial charge in [0.1, 0.15) is 5.75 Å². The van der Waals surface area contributed by atoms with E-state index in [4.69, 9.17) is 4.74 Å². The molecule has 1 aromatic rings. The van der Waals surface area contributed by atoms with Crippen molar-refractivity contribution in [1.82, 2.24) is 10.2 Å². The Labute approximate surface area is 121 Å². The van der Waals surface area contributed by atoms with E-state index in [0.717, 1.165) is 41.9 Å². The molecule has 1 amide bonds. The number of halogens is 1. The monoisotopic (exact) mass is 360 g/mol. The van der Waals surface area contributed by atoms with Gasteiger partial charge in [-0.25, -0.2) is 0 Å². The van der Waals surface area contributed by atoms with Crippen molar-refractivity contribution in [3.8, 4) is 5.75 Å². The van der Waals surface area contributed by atoms with E-state index in [1.54, 1.807) is 0 Å². The summed E-state index contributed by atoms with van der Waals surface area (Å²) >= 11 is 2.23. The van der Waals surface area contributed by atoms with E-state index in [1.165, 1.54) is 0 Å². The van der Waals surface area contributed by atoms with Gasteiger partial charge in [-0.05, 0) is 53.8 Å². The van der Waals surface area contributed by atoms with Gasteiger partial charge in [0.15, 0.2) is 6.61 Å². The number of carbonyl (C=O) groups excluding carboxylic acids is 1. The molecular weight excluding hydrogens is 343 g/mol. The first-order chi connectivity index (χ1) is 8.75. The van der Waals surface area contributed by atoms with Crippen LogP contribution in [0.4, 0.5) is 0 Å². The Morgan fingerprint density at radius 2 is 2.28 bits per heavy atom. The average Bonchev–Trinajstić information content (AvgIpc) is 2.65. The molecule has 1 saturated heterocycles. The van der Waals surface area contributed by atoms with Crippen LogP contribution in [0, 0.1) is 3.57 Å². The van der Waals surface area contributed by atoms with Gasteiger partial charge >= 0.3 is 0 Å². The average molecular weight is 360 g/mol. The Morgan fingerprint density at radius 3 is 3.11 bits per heavy atom. The molecule has 1 heterocycles. The SMILES string of the molecule is O=C(COc1cccc(I)c1)N1CCCNCC1. The third-order valence-corrected chi connectivity index (χ3v) is 3.52. The van der Waals surface area contributed by atoms with Crippen molar-refractivity contribution < 1.29 is 9.53 Å². The highest BCUT2D eigenvalue weighted by Gasteiger charge is 2.15. The van der Waals surface area contributed by atoms with E-state index in [2.05, 4.69) is 27.9 Å². The number of hydrogen-bond acceptors (Lipinski definition) is 3. The molecule has 1 aromatic carbocycles. The van der Waals surface area contributed by atoms with Gasteiger partial charge in [-0.2, -0.15) is 0 Å². The fraction of sp³-hybridized carbons (Fsp3) is 0.462. The molecule has 0 unspecified atom stereocenters. The van der Waals surface area contributed by atoms with Gasteiger partial charge in [-0.15, -0.1) is 0 Å². The number of nitrogens with one attached hydrogen (secondary N) is 1. The maximum Gasteiger partial charge on any atom is 0.260 e. The summed E-state index contributed by atoms with van der Waals surface area (Å²) in [7, 11) is 0. The maximum absolute atomic E-state index is 12.0. The number of ether oxygens (including phenoxy) is 1. The number of rotatable bonds is 3. The van der Waals surface area contributed by atoms with Crippen LogP contribution in [0.2, 0.25) is 0 Å². The molecule has 1 aliphatic heterocycles. The van der Waals surface area contributed by atoms with Gasteiger partial charge in [0.25, 0.3) is 5.91 Å². The van der Waals surface area contributed by atoms with E-state index in [9.17, 15) is 4.79 Å². The predicted molar refractivity (Wildman–Crippen MR) is 78.7 cm³/mol. The summed E-state index contributed by atoms with van der Waals surface area (Å²) < 4.78 is 6.63. The van der Waals surface area contributed by atoms with Crippen LogP contribution >= 0.6 is 22.6 Å². The third-order valence-electron chi connectivity index (χ3n) is 2.85. The molecule has 1 aliphatic rings. The Hall–Kier alpha value is -0.820. The summed E-state index contributed by atoms with van der Waals surface area (Å²) in [5.74, 6) is 0.820. The van der Waals surface area contributed by atoms with Crippen LogP contribution in [0.25, 0.3) is 0 Å². The Kier molecular flexibility index (Phi) is 5.25. The molecule has 98 valence electrons. The van der Waals surface area contributed by atoms with Crippen LogP contribution in [0.1, 0.15) is 6.42 Å². The van der Waals surface area contributed by atoms with Crippen molar-refractivity contribution in [2.45, 2.75) is 6.42 Å². The second-order valence-corrected chi connectivity index (χ2v) is 5.48. The first-order valence-corrected chi connectivity index (χ1v) is 7.20. The molecule has 1 fully saturated rings. The first-order valence-electron chi connectivity index (χ1n) is 6.12.